The van der Waals surface area contributed by atoms with Gasteiger partial charge in [-0.05, 0) is 48.4 Å². The lowest BCUT2D eigenvalue weighted by atomic mass is 10.2. The van der Waals surface area contributed by atoms with Crippen LogP contribution in [0.3, 0.4) is 0 Å². The Bertz CT molecular complexity index is 708. The number of methoxy groups -OCH3 is 1. The monoisotopic (exact) mass is 382 g/mol. The third kappa shape index (κ3) is 5.81. The Kier molecular flexibility index (Phi) is 7.37. The van der Waals surface area contributed by atoms with Crippen molar-refractivity contribution in [3.05, 3.63) is 58.1 Å². The number of anilines is 1. The highest BCUT2D eigenvalue weighted by atomic mass is 35.5. The van der Waals surface area contributed by atoms with Crippen LogP contribution in [0.1, 0.15) is 12.0 Å². The van der Waals surface area contributed by atoms with Crippen LogP contribution >= 0.6 is 23.2 Å². The first kappa shape index (κ1) is 19.4. The number of urea groups is 1. The summed E-state index contributed by atoms with van der Waals surface area (Å²) in [6.07, 6.45) is 0.483. The summed E-state index contributed by atoms with van der Waals surface area (Å²) in [6.45, 7) is 0.783. The van der Waals surface area contributed by atoms with Gasteiger partial charge < -0.3 is 20.1 Å². The molecule has 0 fully saturated rings. The largest absolute Gasteiger partial charge is 0.497 e. The number of hydrogen-bond donors (Lipinski definition) is 2. The van der Waals surface area contributed by atoms with Crippen molar-refractivity contribution in [2.24, 2.45) is 0 Å². The molecule has 0 saturated carbocycles. The highest BCUT2D eigenvalue weighted by Gasteiger charge is 2.14. The van der Waals surface area contributed by atoms with Crippen LogP contribution in [0.2, 0.25) is 10.0 Å². The zero-order chi connectivity index (χ0) is 18.2. The van der Waals surface area contributed by atoms with Crippen molar-refractivity contribution in [2.45, 2.75) is 13.0 Å². The zero-order valence-electron chi connectivity index (χ0n) is 13.8. The average molecular weight is 383 g/mol. The molecule has 0 spiro atoms. The molecule has 2 aromatic carbocycles. The van der Waals surface area contributed by atoms with E-state index in [-0.39, 0.29) is 12.6 Å². The summed E-state index contributed by atoms with van der Waals surface area (Å²) in [5, 5.41) is 12.8. The van der Waals surface area contributed by atoms with Crippen LogP contribution in [0.25, 0.3) is 0 Å². The number of benzene rings is 2. The molecule has 0 aliphatic carbocycles. The second-order valence-electron chi connectivity index (χ2n) is 5.41. The Morgan fingerprint density at radius 3 is 2.48 bits per heavy atom. The van der Waals surface area contributed by atoms with Crippen LogP contribution < -0.4 is 10.1 Å². The number of amides is 2. The summed E-state index contributed by atoms with van der Waals surface area (Å²) >= 11 is 12.0. The van der Waals surface area contributed by atoms with E-state index in [2.05, 4.69) is 5.32 Å². The third-order valence-corrected chi connectivity index (χ3v) is 4.31. The highest BCUT2D eigenvalue weighted by molar-refractivity contribution is 6.42. The van der Waals surface area contributed by atoms with Gasteiger partial charge in [0.1, 0.15) is 5.75 Å². The van der Waals surface area contributed by atoms with Gasteiger partial charge in [0.2, 0.25) is 0 Å². The molecule has 25 heavy (non-hydrogen) atoms. The number of aliphatic hydroxyl groups is 1. The molecule has 0 bridgehead atoms. The fourth-order valence-corrected chi connectivity index (χ4v) is 2.57. The SMILES string of the molecule is COc1ccc(NC(=O)N(CCCO)Cc2ccc(Cl)c(Cl)c2)cc1. The summed E-state index contributed by atoms with van der Waals surface area (Å²) in [7, 11) is 1.58. The summed E-state index contributed by atoms with van der Waals surface area (Å²) in [5.74, 6) is 0.714. The third-order valence-electron chi connectivity index (χ3n) is 3.57. The van der Waals surface area contributed by atoms with E-state index in [0.717, 1.165) is 5.56 Å². The van der Waals surface area contributed by atoms with Crippen molar-refractivity contribution < 1.29 is 14.6 Å². The maximum Gasteiger partial charge on any atom is 0.322 e. The molecular formula is C18H20Cl2N2O3. The van der Waals surface area contributed by atoms with Crippen LogP contribution in [0.4, 0.5) is 10.5 Å². The number of nitrogens with one attached hydrogen (secondary N) is 1. The van der Waals surface area contributed by atoms with E-state index in [0.29, 0.717) is 41.0 Å². The molecule has 0 unspecified atom stereocenters. The van der Waals surface area contributed by atoms with Gasteiger partial charge in [0.25, 0.3) is 0 Å². The Balaban J connectivity index is 2.08. The minimum Gasteiger partial charge on any atom is -0.497 e. The van der Waals surface area contributed by atoms with Crippen molar-refractivity contribution in [2.75, 3.05) is 25.6 Å². The number of aliphatic hydroxyl groups excluding tert-OH is 1. The molecule has 2 rings (SSSR count). The molecule has 2 aromatic rings. The molecule has 7 heteroatoms. The lowest BCUT2D eigenvalue weighted by Crippen LogP contribution is -2.35. The molecule has 0 atom stereocenters. The van der Waals surface area contributed by atoms with Gasteiger partial charge >= 0.3 is 6.03 Å². The van der Waals surface area contributed by atoms with Gasteiger partial charge in [-0.25, -0.2) is 4.79 Å². The van der Waals surface area contributed by atoms with E-state index in [1.165, 1.54) is 0 Å². The van der Waals surface area contributed by atoms with E-state index >= 15 is 0 Å². The number of ether oxygens (including phenoxy) is 1. The molecule has 2 N–H and O–H groups in total. The second-order valence-corrected chi connectivity index (χ2v) is 6.22. The number of nitrogens with zero attached hydrogens (tertiary/aromatic N) is 1. The van der Waals surface area contributed by atoms with Crippen LogP contribution in [0.15, 0.2) is 42.5 Å². The van der Waals surface area contributed by atoms with Crippen molar-refractivity contribution in [3.63, 3.8) is 0 Å². The summed E-state index contributed by atoms with van der Waals surface area (Å²) in [5.41, 5.74) is 1.52. The number of halogens is 2. The van der Waals surface area contributed by atoms with Crippen molar-refractivity contribution in [1.82, 2.24) is 4.90 Å². The molecular weight excluding hydrogens is 363 g/mol. The summed E-state index contributed by atoms with van der Waals surface area (Å²) in [4.78, 5) is 14.2. The molecule has 2 amide bonds. The highest BCUT2D eigenvalue weighted by Crippen LogP contribution is 2.23. The number of rotatable bonds is 7. The molecule has 0 radical (unpaired) electrons. The smallest absolute Gasteiger partial charge is 0.322 e. The van der Waals surface area contributed by atoms with Crippen LogP contribution in [-0.2, 0) is 6.54 Å². The summed E-state index contributed by atoms with van der Waals surface area (Å²) in [6, 6.07) is 12.1. The first-order chi connectivity index (χ1) is 12.0. The van der Waals surface area contributed by atoms with Gasteiger partial charge in [-0.2, -0.15) is 0 Å². The van der Waals surface area contributed by atoms with Gasteiger partial charge in [-0.3, -0.25) is 0 Å². The van der Waals surface area contributed by atoms with Gasteiger partial charge in [0, 0.05) is 25.4 Å². The molecule has 0 aliphatic heterocycles. The Morgan fingerprint density at radius 2 is 1.88 bits per heavy atom. The fourth-order valence-electron chi connectivity index (χ4n) is 2.25. The maximum atomic E-state index is 12.6. The van der Waals surface area contributed by atoms with Gasteiger partial charge in [-0.15, -0.1) is 0 Å². The molecule has 0 aromatic heterocycles. The van der Waals surface area contributed by atoms with Crippen LogP contribution in [-0.4, -0.2) is 36.3 Å². The molecule has 0 aliphatic rings. The fraction of sp³-hybridized carbons (Fsp3) is 0.278. The predicted octanol–water partition coefficient (Wildman–Crippen LogP) is 4.42. The summed E-state index contributed by atoms with van der Waals surface area (Å²) < 4.78 is 5.10. The predicted molar refractivity (Wildman–Crippen MR) is 101 cm³/mol. The van der Waals surface area contributed by atoms with Crippen molar-refractivity contribution in [1.29, 1.82) is 0 Å². The van der Waals surface area contributed by atoms with Gasteiger partial charge in [-0.1, -0.05) is 29.3 Å². The van der Waals surface area contributed by atoms with Gasteiger partial charge in [0.15, 0.2) is 0 Å². The Morgan fingerprint density at radius 1 is 1.16 bits per heavy atom. The number of carbonyl (C=O) groups excluding carboxylic acids is 1. The van der Waals surface area contributed by atoms with E-state index < -0.39 is 0 Å². The first-order valence-electron chi connectivity index (χ1n) is 7.78. The maximum absolute atomic E-state index is 12.6. The Hall–Kier alpha value is -1.95. The molecule has 0 heterocycles. The lowest BCUT2D eigenvalue weighted by molar-refractivity contribution is 0.199. The van der Waals surface area contributed by atoms with Crippen LogP contribution in [0.5, 0.6) is 5.75 Å². The zero-order valence-corrected chi connectivity index (χ0v) is 15.3. The average Bonchev–Trinajstić information content (AvgIpc) is 2.62. The van der Waals surface area contributed by atoms with E-state index in [1.54, 1.807) is 48.4 Å². The molecule has 134 valence electrons. The second kappa shape index (κ2) is 9.51. The minimum absolute atomic E-state index is 0.00763. The van der Waals surface area contributed by atoms with Crippen LogP contribution in [0, 0.1) is 0 Å². The molecule has 5 nitrogen and oxygen atoms in total. The normalized spacial score (nSPS) is 10.4. The minimum atomic E-state index is -0.260. The number of hydrogen-bond acceptors (Lipinski definition) is 3. The van der Waals surface area contributed by atoms with E-state index in [1.807, 2.05) is 6.07 Å². The Labute approximate surface area is 157 Å². The van der Waals surface area contributed by atoms with E-state index in [4.69, 9.17) is 33.0 Å². The van der Waals surface area contributed by atoms with Gasteiger partial charge in [0.05, 0.1) is 17.2 Å². The lowest BCUT2D eigenvalue weighted by Gasteiger charge is -2.23. The van der Waals surface area contributed by atoms with E-state index in [9.17, 15) is 4.79 Å². The molecule has 0 saturated heterocycles. The first-order valence-corrected chi connectivity index (χ1v) is 8.54. The standard InChI is InChI=1S/C18H20Cl2N2O3/c1-25-15-6-4-14(5-7-15)21-18(24)22(9-2-10-23)12-13-3-8-16(19)17(20)11-13/h3-8,11,23H,2,9-10,12H2,1H3,(H,21,24). The van der Waals surface area contributed by atoms with Crippen molar-refractivity contribution in [3.8, 4) is 5.75 Å². The quantitative estimate of drug-likeness (QED) is 0.744. The number of carbonyl (C=O) groups is 1. The van der Waals surface area contributed by atoms with Crippen molar-refractivity contribution >= 4 is 34.9 Å². The topological polar surface area (TPSA) is 61.8 Å².